The van der Waals surface area contributed by atoms with E-state index in [1.54, 1.807) is 11.3 Å². The highest BCUT2D eigenvalue weighted by Crippen LogP contribution is 2.15. The molecule has 0 amide bonds. The molecule has 98 valence electrons. The maximum atomic E-state index is 4.59. The minimum absolute atomic E-state index is 0.913. The smallest absolute Gasteiger partial charge is 0.0669 e. The number of nitrogens with one attached hydrogen (secondary N) is 1. The van der Waals surface area contributed by atoms with Gasteiger partial charge in [-0.1, -0.05) is 13.8 Å². The molecule has 0 bridgehead atoms. The first kappa shape index (κ1) is 13.3. The molecule has 2 heterocycles. The standard InChI is InChI=1S/C14H21N3S/c1-4-13-12(14(5-2)17(3)16-13)9-15-8-11-6-7-18-10-11/h6-7,10,15H,4-5,8-9H2,1-3H3. The minimum atomic E-state index is 0.913. The molecule has 0 aliphatic carbocycles. The van der Waals surface area contributed by atoms with Crippen molar-refractivity contribution in [2.24, 2.45) is 7.05 Å². The molecule has 2 rings (SSSR count). The van der Waals surface area contributed by atoms with Gasteiger partial charge in [0.25, 0.3) is 0 Å². The van der Waals surface area contributed by atoms with Crippen LogP contribution in [0.5, 0.6) is 0 Å². The first-order chi connectivity index (χ1) is 8.76. The summed E-state index contributed by atoms with van der Waals surface area (Å²) in [5.74, 6) is 0. The number of hydrogen-bond donors (Lipinski definition) is 1. The molecule has 18 heavy (non-hydrogen) atoms. The minimum Gasteiger partial charge on any atom is -0.308 e. The molecule has 0 spiro atoms. The van der Waals surface area contributed by atoms with E-state index in [9.17, 15) is 0 Å². The maximum absolute atomic E-state index is 4.59. The van der Waals surface area contributed by atoms with Gasteiger partial charge >= 0.3 is 0 Å². The molecule has 2 aromatic heterocycles. The zero-order valence-electron chi connectivity index (χ0n) is 11.4. The summed E-state index contributed by atoms with van der Waals surface area (Å²) in [4.78, 5) is 0. The molecular formula is C14H21N3S. The van der Waals surface area contributed by atoms with Crippen LogP contribution in [0.15, 0.2) is 16.8 Å². The molecule has 3 nitrogen and oxygen atoms in total. The molecule has 0 aliphatic rings. The van der Waals surface area contributed by atoms with E-state index < -0.39 is 0 Å². The topological polar surface area (TPSA) is 29.9 Å². The fourth-order valence-corrected chi connectivity index (χ4v) is 2.99. The third kappa shape index (κ3) is 2.82. The highest BCUT2D eigenvalue weighted by atomic mass is 32.1. The molecule has 0 aromatic carbocycles. The number of aryl methyl sites for hydroxylation is 2. The lowest BCUT2D eigenvalue weighted by Crippen LogP contribution is -2.14. The SMILES string of the molecule is CCc1nn(C)c(CC)c1CNCc1ccsc1. The molecule has 0 saturated carbocycles. The van der Waals surface area contributed by atoms with E-state index in [0.29, 0.717) is 0 Å². The van der Waals surface area contributed by atoms with Crippen LogP contribution in [-0.2, 0) is 33.0 Å². The predicted molar refractivity (Wildman–Crippen MR) is 76.8 cm³/mol. The number of thiophene rings is 1. The molecule has 4 heteroatoms. The third-order valence-electron chi connectivity index (χ3n) is 3.24. The lowest BCUT2D eigenvalue weighted by atomic mass is 10.1. The Morgan fingerprint density at radius 3 is 2.72 bits per heavy atom. The normalized spacial score (nSPS) is 11.1. The summed E-state index contributed by atoms with van der Waals surface area (Å²) in [6, 6.07) is 2.17. The Morgan fingerprint density at radius 1 is 1.28 bits per heavy atom. The van der Waals surface area contributed by atoms with Crippen LogP contribution in [-0.4, -0.2) is 9.78 Å². The van der Waals surface area contributed by atoms with Crippen LogP contribution < -0.4 is 5.32 Å². The van der Waals surface area contributed by atoms with Gasteiger partial charge in [-0.15, -0.1) is 0 Å². The molecule has 0 fully saturated rings. The second-order valence-corrected chi connectivity index (χ2v) is 5.22. The lowest BCUT2D eigenvalue weighted by molar-refractivity contribution is 0.676. The van der Waals surface area contributed by atoms with E-state index in [2.05, 4.69) is 41.1 Å². The molecule has 0 aliphatic heterocycles. The number of aromatic nitrogens is 2. The average Bonchev–Trinajstić information content (AvgIpc) is 2.97. The van der Waals surface area contributed by atoms with E-state index >= 15 is 0 Å². The van der Waals surface area contributed by atoms with Crippen LogP contribution in [0.4, 0.5) is 0 Å². The molecule has 0 unspecified atom stereocenters. The zero-order valence-corrected chi connectivity index (χ0v) is 12.2. The van der Waals surface area contributed by atoms with Crippen LogP contribution >= 0.6 is 11.3 Å². The molecule has 0 radical (unpaired) electrons. The van der Waals surface area contributed by atoms with Gasteiger partial charge in [0.2, 0.25) is 0 Å². The average molecular weight is 263 g/mol. The highest BCUT2D eigenvalue weighted by molar-refractivity contribution is 7.07. The zero-order chi connectivity index (χ0) is 13.0. The van der Waals surface area contributed by atoms with Crippen LogP contribution in [0.25, 0.3) is 0 Å². The fourth-order valence-electron chi connectivity index (χ4n) is 2.32. The van der Waals surface area contributed by atoms with Crippen molar-refractivity contribution in [3.63, 3.8) is 0 Å². The summed E-state index contributed by atoms with van der Waals surface area (Å²) < 4.78 is 2.03. The van der Waals surface area contributed by atoms with Crippen molar-refractivity contribution in [2.45, 2.75) is 39.8 Å². The van der Waals surface area contributed by atoms with Gasteiger partial charge in [-0.2, -0.15) is 16.4 Å². The summed E-state index contributed by atoms with van der Waals surface area (Å²) in [5, 5.41) is 12.4. The van der Waals surface area contributed by atoms with Crippen LogP contribution in [0.2, 0.25) is 0 Å². The van der Waals surface area contributed by atoms with Crippen molar-refractivity contribution in [3.8, 4) is 0 Å². The number of nitrogens with zero attached hydrogens (tertiary/aromatic N) is 2. The first-order valence-electron chi connectivity index (χ1n) is 6.51. The molecule has 0 atom stereocenters. The van der Waals surface area contributed by atoms with Crippen molar-refractivity contribution in [1.29, 1.82) is 0 Å². The number of hydrogen-bond acceptors (Lipinski definition) is 3. The van der Waals surface area contributed by atoms with Crippen LogP contribution in [0.3, 0.4) is 0 Å². The van der Waals surface area contributed by atoms with Crippen LogP contribution in [0, 0.1) is 0 Å². The Morgan fingerprint density at radius 2 is 2.11 bits per heavy atom. The first-order valence-corrected chi connectivity index (χ1v) is 7.45. The molecule has 0 saturated heterocycles. The molecule has 1 N–H and O–H groups in total. The summed E-state index contributed by atoms with van der Waals surface area (Å²) in [7, 11) is 2.04. The highest BCUT2D eigenvalue weighted by Gasteiger charge is 2.12. The van der Waals surface area contributed by atoms with Gasteiger partial charge in [-0.25, -0.2) is 0 Å². The van der Waals surface area contributed by atoms with E-state index in [4.69, 9.17) is 0 Å². The van der Waals surface area contributed by atoms with Crippen molar-refractivity contribution in [2.75, 3.05) is 0 Å². The second kappa shape index (κ2) is 6.16. The monoisotopic (exact) mass is 263 g/mol. The predicted octanol–water partition coefficient (Wildman–Crippen LogP) is 2.90. The largest absolute Gasteiger partial charge is 0.308 e. The Kier molecular flexibility index (Phi) is 4.55. The van der Waals surface area contributed by atoms with Gasteiger partial charge in [-0.3, -0.25) is 4.68 Å². The van der Waals surface area contributed by atoms with E-state index in [1.165, 1.54) is 22.5 Å². The Bertz CT molecular complexity index is 485. The van der Waals surface area contributed by atoms with E-state index in [0.717, 1.165) is 25.9 Å². The van der Waals surface area contributed by atoms with Gasteiger partial charge in [0.1, 0.15) is 0 Å². The van der Waals surface area contributed by atoms with E-state index in [-0.39, 0.29) is 0 Å². The summed E-state index contributed by atoms with van der Waals surface area (Å²) in [6.07, 6.45) is 2.04. The number of rotatable bonds is 6. The fraction of sp³-hybridized carbons (Fsp3) is 0.500. The van der Waals surface area contributed by atoms with Gasteiger partial charge < -0.3 is 5.32 Å². The Hall–Kier alpha value is -1.13. The van der Waals surface area contributed by atoms with Crippen molar-refractivity contribution >= 4 is 11.3 Å². The van der Waals surface area contributed by atoms with Crippen molar-refractivity contribution < 1.29 is 0 Å². The van der Waals surface area contributed by atoms with Crippen molar-refractivity contribution in [1.82, 2.24) is 15.1 Å². The van der Waals surface area contributed by atoms with Gasteiger partial charge in [-0.05, 0) is 35.2 Å². The van der Waals surface area contributed by atoms with Crippen LogP contribution in [0.1, 0.15) is 36.4 Å². The second-order valence-electron chi connectivity index (χ2n) is 4.44. The quantitative estimate of drug-likeness (QED) is 0.868. The summed E-state index contributed by atoms with van der Waals surface area (Å²) in [5.41, 5.74) is 5.33. The maximum Gasteiger partial charge on any atom is 0.0669 e. The summed E-state index contributed by atoms with van der Waals surface area (Å²) >= 11 is 1.75. The lowest BCUT2D eigenvalue weighted by Gasteiger charge is -2.06. The Balaban J connectivity index is 2.03. The summed E-state index contributed by atoms with van der Waals surface area (Å²) in [6.45, 7) is 6.21. The molecule has 2 aromatic rings. The molecular weight excluding hydrogens is 242 g/mol. The Labute approximate surface area is 113 Å². The van der Waals surface area contributed by atoms with Crippen molar-refractivity contribution in [3.05, 3.63) is 39.3 Å². The van der Waals surface area contributed by atoms with Gasteiger partial charge in [0.15, 0.2) is 0 Å². The van der Waals surface area contributed by atoms with E-state index in [1.807, 2.05) is 11.7 Å². The van der Waals surface area contributed by atoms with Gasteiger partial charge in [0.05, 0.1) is 5.69 Å². The van der Waals surface area contributed by atoms with Gasteiger partial charge in [0, 0.05) is 31.4 Å². The third-order valence-corrected chi connectivity index (χ3v) is 3.97.